The van der Waals surface area contributed by atoms with Gasteiger partial charge in [-0.25, -0.2) is 4.68 Å². The Kier molecular flexibility index (Phi) is 6.57. The molecule has 1 amide bonds. The second-order valence-corrected chi connectivity index (χ2v) is 14.8. The van der Waals surface area contributed by atoms with Crippen LogP contribution < -0.4 is 5.32 Å². The van der Waals surface area contributed by atoms with E-state index >= 15 is 0 Å². The molecule has 0 unspecified atom stereocenters. The van der Waals surface area contributed by atoms with Crippen molar-refractivity contribution in [3.63, 3.8) is 0 Å². The number of nitrogens with one attached hydrogen (secondary N) is 1. The number of aryl methyl sites for hydroxylation is 1. The molecule has 0 spiro atoms. The zero-order valence-electron chi connectivity index (χ0n) is 16.3. The third kappa shape index (κ3) is 4.87. The predicted molar refractivity (Wildman–Crippen MR) is 105 cm³/mol. The summed E-state index contributed by atoms with van der Waals surface area (Å²) in [6.07, 6.45) is -0.217. The zero-order valence-corrected chi connectivity index (χ0v) is 18.9. The average molecular weight is 418 g/mol. The fourth-order valence-corrected chi connectivity index (χ4v) is 5.68. The Morgan fingerprint density at radius 3 is 2.58 bits per heavy atom. The van der Waals surface area contributed by atoms with Crippen LogP contribution in [0.15, 0.2) is 5.16 Å². The molecule has 8 nitrogen and oxygen atoms in total. The molecule has 11 heteroatoms. The van der Waals surface area contributed by atoms with Gasteiger partial charge < -0.3 is 9.74 Å². The highest BCUT2D eigenvalue weighted by molar-refractivity contribution is 8.16. The van der Waals surface area contributed by atoms with E-state index in [0.29, 0.717) is 5.16 Å². The van der Waals surface area contributed by atoms with Crippen LogP contribution in [0.4, 0.5) is 0 Å². The Labute approximate surface area is 163 Å². The molecule has 0 aromatic carbocycles. The molecular formula is C15H27N5O3S2Si. The maximum atomic E-state index is 12.3. The van der Waals surface area contributed by atoms with Crippen LogP contribution >= 0.6 is 23.5 Å². The van der Waals surface area contributed by atoms with E-state index in [4.69, 9.17) is 4.43 Å². The highest BCUT2D eigenvalue weighted by atomic mass is 32.2. The van der Waals surface area contributed by atoms with Crippen LogP contribution in [-0.2, 0) is 21.1 Å². The number of aromatic nitrogens is 4. The summed E-state index contributed by atoms with van der Waals surface area (Å²) in [5.74, 6) is -0.110. The Morgan fingerprint density at radius 1 is 1.42 bits per heavy atom. The summed E-state index contributed by atoms with van der Waals surface area (Å²) in [6, 6.07) is 0. The SMILES string of the molecule is C[C@H](O[Si](C)(C)C(C)(C)C)[C@@H]1C(=O)N[C@@H]1SC(=O)CSc1nnnn1C. The summed E-state index contributed by atoms with van der Waals surface area (Å²) in [5.41, 5.74) is 0. The van der Waals surface area contributed by atoms with Crippen molar-refractivity contribution in [3.05, 3.63) is 0 Å². The van der Waals surface area contributed by atoms with E-state index in [9.17, 15) is 9.59 Å². The molecule has 26 heavy (non-hydrogen) atoms. The van der Waals surface area contributed by atoms with Crippen LogP contribution in [-0.4, -0.2) is 56.8 Å². The van der Waals surface area contributed by atoms with Crippen molar-refractivity contribution < 1.29 is 14.0 Å². The summed E-state index contributed by atoms with van der Waals surface area (Å²) in [4.78, 5) is 24.3. The van der Waals surface area contributed by atoms with Gasteiger partial charge in [-0.1, -0.05) is 44.3 Å². The molecule has 1 saturated heterocycles. The van der Waals surface area contributed by atoms with Crippen molar-refractivity contribution in [1.29, 1.82) is 0 Å². The van der Waals surface area contributed by atoms with Crippen LogP contribution in [0.5, 0.6) is 0 Å². The lowest BCUT2D eigenvalue weighted by Crippen LogP contribution is -2.62. The molecule has 1 N–H and O–H groups in total. The fourth-order valence-electron chi connectivity index (χ4n) is 2.29. The first-order valence-electron chi connectivity index (χ1n) is 8.45. The van der Waals surface area contributed by atoms with Crippen molar-refractivity contribution in [2.75, 3.05) is 5.75 Å². The molecule has 0 radical (unpaired) electrons. The lowest BCUT2D eigenvalue weighted by Gasteiger charge is -2.44. The molecule has 2 rings (SSSR count). The summed E-state index contributed by atoms with van der Waals surface area (Å²) in [6.45, 7) is 12.8. The maximum Gasteiger partial charge on any atom is 0.229 e. The number of tetrazole rings is 1. The third-order valence-corrected chi connectivity index (χ3v) is 11.7. The first-order chi connectivity index (χ1) is 11.9. The van der Waals surface area contributed by atoms with Crippen molar-refractivity contribution in [3.8, 4) is 0 Å². The van der Waals surface area contributed by atoms with Crippen LogP contribution in [0.1, 0.15) is 27.7 Å². The van der Waals surface area contributed by atoms with Crippen molar-refractivity contribution in [1.82, 2.24) is 25.5 Å². The molecular weight excluding hydrogens is 390 g/mol. The van der Waals surface area contributed by atoms with E-state index in [2.05, 4.69) is 54.7 Å². The molecule has 146 valence electrons. The minimum absolute atomic E-state index is 0.0208. The van der Waals surface area contributed by atoms with Gasteiger partial charge in [-0.15, -0.1) is 5.10 Å². The highest BCUT2D eigenvalue weighted by Gasteiger charge is 2.48. The van der Waals surface area contributed by atoms with Gasteiger partial charge in [0.2, 0.25) is 16.2 Å². The fraction of sp³-hybridized carbons (Fsp3) is 0.800. The topological polar surface area (TPSA) is 99.0 Å². The average Bonchev–Trinajstić information content (AvgIpc) is 2.87. The van der Waals surface area contributed by atoms with Crippen LogP contribution in [0.3, 0.4) is 0 Å². The van der Waals surface area contributed by atoms with E-state index in [1.54, 1.807) is 7.05 Å². The number of hydrogen-bond donors (Lipinski definition) is 1. The molecule has 0 bridgehead atoms. The minimum atomic E-state index is -1.97. The van der Waals surface area contributed by atoms with Gasteiger partial charge in [0, 0.05) is 7.05 Å². The number of nitrogens with zero attached hydrogens (tertiary/aromatic N) is 4. The smallest absolute Gasteiger partial charge is 0.229 e. The number of β-lactam (4-membered cyclic amide) rings is 1. The Bertz CT molecular complexity index is 676. The number of amides is 1. The minimum Gasteiger partial charge on any atom is -0.413 e. The monoisotopic (exact) mass is 417 g/mol. The molecule has 1 fully saturated rings. The molecule has 2 heterocycles. The van der Waals surface area contributed by atoms with Gasteiger partial charge in [-0.2, -0.15) is 0 Å². The van der Waals surface area contributed by atoms with Gasteiger partial charge in [-0.05, 0) is 35.5 Å². The second-order valence-electron chi connectivity index (χ2n) is 7.90. The van der Waals surface area contributed by atoms with Crippen LogP contribution in [0.2, 0.25) is 18.1 Å². The first kappa shape index (κ1) is 21.4. The molecule has 1 aromatic heterocycles. The maximum absolute atomic E-state index is 12.3. The quantitative estimate of drug-likeness (QED) is 0.409. The Morgan fingerprint density at radius 2 is 2.08 bits per heavy atom. The molecule has 3 atom stereocenters. The van der Waals surface area contributed by atoms with E-state index in [0.717, 1.165) is 11.8 Å². The predicted octanol–water partition coefficient (Wildman–Crippen LogP) is 2.04. The number of carbonyl (C=O) groups is 2. The van der Waals surface area contributed by atoms with Gasteiger partial charge in [0.1, 0.15) is 0 Å². The molecule has 0 saturated carbocycles. The molecule has 1 aliphatic heterocycles. The lowest BCUT2D eigenvalue weighted by molar-refractivity contribution is -0.136. The Balaban J connectivity index is 1.89. The third-order valence-electron chi connectivity index (χ3n) is 4.86. The van der Waals surface area contributed by atoms with E-state index in [-0.39, 0.29) is 39.2 Å². The largest absolute Gasteiger partial charge is 0.413 e. The molecule has 0 aliphatic carbocycles. The Hall–Kier alpha value is -0.913. The number of carbonyl (C=O) groups excluding carboxylic acids is 2. The van der Waals surface area contributed by atoms with Gasteiger partial charge in [0.25, 0.3) is 0 Å². The second kappa shape index (κ2) is 7.99. The van der Waals surface area contributed by atoms with E-state index in [1.165, 1.54) is 16.4 Å². The van der Waals surface area contributed by atoms with Crippen LogP contribution in [0, 0.1) is 5.92 Å². The first-order valence-corrected chi connectivity index (χ1v) is 13.2. The van der Waals surface area contributed by atoms with Gasteiger partial charge in [0.15, 0.2) is 8.32 Å². The normalized spacial score (nSPS) is 21.9. The van der Waals surface area contributed by atoms with Crippen LogP contribution in [0.25, 0.3) is 0 Å². The zero-order chi connectivity index (χ0) is 19.7. The standard InChI is InChI=1S/C15H27N5O3S2Si/c1-9(23-26(6,7)15(2,3)4)11-12(22)16-13(11)25-10(21)8-24-14-17-18-19-20(14)5/h9,11,13H,8H2,1-7H3,(H,16,22)/t9-,11+,13+/m0/s1. The highest BCUT2D eigenvalue weighted by Crippen LogP contribution is 2.40. The summed E-state index contributed by atoms with van der Waals surface area (Å²) in [5, 5.41) is 14.3. The summed E-state index contributed by atoms with van der Waals surface area (Å²) < 4.78 is 7.86. The lowest BCUT2D eigenvalue weighted by atomic mass is 9.96. The number of hydrogen-bond acceptors (Lipinski definition) is 8. The van der Waals surface area contributed by atoms with Gasteiger partial charge >= 0.3 is 0 Å². The van der Waals surface area contributed by atoms with Crippen molar-refractivity contribution in [2.45, 2.75) is 62.5 Å². The summed E-state index contributed by atoms with van der Waals surface area (Å²) >= 11 is 2.44. The van der Waals surface area contributed by atoms with Crippen molar-refractivity contribution >= 4 is 42.9 Å². The number of rotatable bonds is 7. The summed E-state index contributed by atoms with van der Waals surface area (Å²) in [7, 11) is -0.249. The van der Waals surface area contributed by atoms with Gasteiger partial charge in [0.05, 0.1) is 23.1 Å². The van der Waals surface area contributed by atoms with E-state index < -0.39 is 8.32 Å². The van der Waals surface area contributed by atoms with Gasteiger partial charge in [-0.3, -0.25) is 9.59 Å². The molecule has 1 aromatic rings. The number of thioether (sulfide) groups is 2. The molecule has 1 aliphatic rings. The van der Waals surface area contributed by atoms with E-state index in [1.807, 2.05) is 6.92 Å². The van der Waals surface area contributed by atoms with Crippen molar-refractivity contribution in [2.24, 2.45) is 13.0 Å².